The van der Waals surface area contributed by atoms with Crippen molar-refractivity contribution in [3.05, 3.63) is 29.8 Å². The van der Waals surface area contributed by atoms with Crippen molar-refractivity contribution in [3.63, 3.8) is 0 Å². The smallest absolute Gasteiger partial charge is 0.320 e. The molecule has 116 valence electrons. The summed E-state index contributed by atoms with van der Waals surface area (Å²) in [4.78, 5) is 13.0. The van der Waals surface area contributed by atoms with E-state index >= 15 is 0 Å². The van der Waals surface area contributed by atoms with Gasteiger partial charge in [0.15, 0.2) is 0 Å². The highest BCUT2D eigenvalue weighted by Crippen LogP contribution is 2.16. The molecule has 0 unspecified atom stereocenters. The van der Waals surface area contributed by atoms with Gasteiger partial charge in [-0.3, -0.25) is 4.79 Å². The number of carboxylic acid groups (broad SMARTS) is 1. The Balaban J connectivity index is 0. The first-order chi connectivity index (χ1) is 8.58. The number of nitrogens with zero attached hydrogens (tertiary/aromatic N) is 1. The minimum absolute atomic E-state index is 0. The van der Waals surface area contributed by atoms with E-state index in [9.17, 15) is 4.79 Å². The maximum absolute atomic E-state index is 10.7. The maximum Gasteiger partial charge on any atom is 0.320 e. The molecule has 1 aromatic carbocycles. The summed E-state index contributed by atoms with van der Waals surface area (Å²) in [6, 6.07) is 7.15. The van der Waals surface area contributed by atoms with Crippen LogP contribution in [0.1, 0.15) is 25.8 Å². The van der Waals surface area contributed by atoms with E-state index in [4.69, 9.17) is 10.8 Å². The molecule has 0 amide bonds. The van der Waals surface area contributed by atoms with Gasteiger partial charge in [0.05, 0.1) is 0 Å². The minimum Gasteiger partial charge on any atom is -0.480 e. The zero-order valence-electron chi connectivity index (χ0n) is 11.9. The average Bonchev–Trinajstić information content (AvgIpc) is 2.37. The van der Waals surface area contributed by atoms with Gasteiger partial charge < -0.3 is 15.7 Å². The van der Waals surface area contributed by atoms with Crippen LogP contribution in [0.15, 0.2) is 24.3 Å². The molecular formula is C14H24Cl2N2O2. The van der Waals surface area contributed by atoms with E-state index in [1.807, 2.05) is 24.3 Å². The molecule has 0 radical (unpaired) electrons. The number of benzene rings is 1. The number of halogens is 2. The molecule has 0 saturated carbocycles. The van der Waals surface area contributed by atoms with Gasteiger partial charge in [0.1, 0.15) is 6.04 Å². The lowest BCUT2D eigenvalue weighted by Gasteiger charge is -2.22. The van der Waals surface area contributed by atoms with Crippen LogP contribution in [0.5, 0.6) is 0 Å². The van der Waals surface area contributed by atoms with Crippen molar-refractivity contribution in [1.29, 1.82) is 0 Å². The van der Waals surface area contributed by atoms with Crippen LogP contribution < -0.4 is 10.6 Å². The van der Waals surface area contributed by atoms with Crippen molar-refractivity contribution in [2.75, 3.05) is 18.0 Å². The molecule has 0 aliphatic rings. The number of rotatable bonds is 7. The molecule has 0 fully saturated rings. The Labute approximate surface area is 133 Å². The lowest BCUT2D eigenvalue weighted by Crippen LogP contribution is -2.32. The Hall–Kier alpha value is -0.970. The van der Waals surface area contributed by atoms with Gasteiger partial charge >= 0.3 is 5.97 Å². The summed E-state index contributed by atoms with van der Waals surface area (Å²) in [5, 5.41) is 8.76. The molecule has 0 spiro atoms. The third kappa shape index (κ3) is 6.46. The third-order valence-electron chi connectivity index (χ3n) is 2.95. The van der Waals surface area contributed by atoms with Crippen molar-refractivity contribution in [2.45, 2.75) is 32.7 Å². The molecule has 0 aliphatic heterocycles. The lowest BCUT2D eigenvalue weighted by atomic mass is 10.1. The number of aliphatic carboxylic acids is 1. The molecule has 1 rings (SSSR count). The molecule has 1 atom stereocenters. The number of hydrogen-bond acceptors (Lipinski definition) is 3. The zero-order valence-corrected chi connectivity index (χ0v) is 13.5. The maximum atomic E-state index is 10.7. The molecule has 1 aromatic rings. The second-order valence-corrected chi connectivity index (χ2v) is 4.39. The molecule has 0 heterocycles. The summed E-state index contributed by atoms with van der Waals surface area (Å²) >= 11 is 0. The number of carbonyl (C=O) groups is 1. The van der Waals surface area contributed by atoms with Gasteiger partial charge in [-0.2, -0.15) is 0 Å². The average molecular weight is 323 g/mol. The molecule has 0 aliphatic carbocycles. The Morgan fingerprint density at radius 2 is 1.80 bits per heavy atom. The van der Waals surface area contributed by atoms with Crippen LogP contribution in [0.25, 0.3) is 0 Å². The minimum atomic E-state index is -0.958. The number of anilines is 1. The van der Waals surface area contributed by atoms with Crippen LogP contribution in [-0.2, 0) is 11.2 Å². The zero-order chi connectivity index (χ0) is 13.5. The van der Waals surface area contributed by atoms with E-state index in [0.717, 1.165) is 25.1 Å². The van der Waals surface area contributed by atoms with Gasteiger partial charge in [0.25, 0.3) is 0 Å². The summed E-state index contributed by atoms with van der Waals surface area (Å²) in [5.41, 5.74) is 7.64. The van der Waals surface area contributed by atoms with E-state index in [2.05, 4.69) is 18.7 Å². The van der Waals surface area contributed by atoms with E-state index in [1.165, 1.54) is 5.69 Å². The highest BCUT2D eigenvalue weighted by atomic mass is 35.5. The molecule has 0 saturated heterocycles. The Kier molecular flexibility index (Phi) is 11.5. The topological polar surface area (TPSA) is 66.6 Å². The second kappa shape index (κ2) is 10.8. The van der Waals surface area contributed by atoms with Gasteiger partial charge in [-0.05, 0) is 37.5 Å². The highest BCUT2D eigenvalue weighted by molar-refractivity contribution is 5.85. The fourth-order valence-corrected chi connectivity index (χ4v) is 1.92. The Morgan fingerprint density at radius 1 is 1.25 bits per heavy atom. The van der Waals surface area contributed by atoms with Crippen LogP contribution in [0.3, 0.4) is 0 Å². The monoisotopic (exact) mass is 322 g/mol. The molecule has 0 aromatic heterocycles. The van der Waals surface area contributed by atoms with Crippen LogP contribution in [-0.4, -0.2) is 30.2 Å². The van der Waals surface area contributed by atoms with Gasteiger partial charge in [-0.25, -0.2) is 0 Å². The predicted octanol–water partition coefficient (Wildman–Crippen LogP) is 2.72. The van der Waals surface area contributed by atoms with Crippen molar-refractivity contribution in [1.82, 2.24) is 0 Å². The fourth-order valence-electron chi connectivity index (χ4n) is 1.92. The lowest BCUT2D eigenvalue weighted by molar-refractivity contribution is -0.138. The van der Waals surface area contributed by atoms with Crippen molar-refractivity contribution in [2.24, 2.45) is 5.73 Å². The summed E-state index contributed by atoms with van der Waals surface area (Å²) in [5.74, 6) is -0.958. The molecule has 20 heavy (non-hydrogen) atoms. The summed E-state index contributed by atoms with van der Waals surface area (Å²) in [6.07, 6.45) is 1.48. The van der Waals surface area contributed by atoms with Crippen LogP contribution in [0, 0.1) is 0 Å². The van der Waals surface area contributed by atoms with Crippen LogP contribution in [0.2, 0.25) is 0 Å². The number of hydrogen-bond donors (Lipinski definition) is 2. The third-order valence-corrected chi connectivity index (χ3v) is 2.95. The first-order valence-corrected chi connectivity index (χ1v) is 6.40. The summed E-state index contributed by atoms with van der Waals surface area (Å²) in [7, 11) is 0. The van der Waals surface area contributed by atoms with Gasteiger partial charge in [-0.15, -0.1) is 24.8 Å². The molecule has 6 heteroatoms. The second-order valence-electron chi connectivity index (χ2n) is 4.39. The predicted molar refractivity (Wildman–Crippen MR) is 88.4 cm³/mol. The molecule has 4 nitrogen and oxygen atoms in total. The SMILES string of the molecule is CCCN(CC)c1ccc(C[C@@H](N)C(=O)O)cc1.Cl.Cl. The van der Waals surface area contributed by atoms with Crippen molar-refractivity contribution < 1.29 is 9.90 Å². The Morgan fingerprint density at radius 3 is 2.20 bits per heavy atom. The number of carboxylic acids is 1. The molecular weight excluding hydrogens is 299 g/mol. The normalized spacial score (nSPS) is 10.9. The molecule has 3 N–H and O–H groups in total. The van der Waals surface area contributed by atoms with Crippen LogP contribution >= 0.6 is 24.8 Å². The van der Waals surface area contributed by atoms with E-state index in [1.54, 1.807) is 0 Å². The largest absolute Gasteiger partial charge is 0.480 e. The first kappa shape index (κ1) is 21.3. The van der Waals surface area contributed by atoms with E-state index in [-0.39, 0.29) is 24.8 Å². The van der Waals surface area contributed by atoms with Gasteiger partial charge in [0, 0.05) is 18.8 Å². The first-order valence-electron chi connectivity index (χ1n) is 6.40. The van der Waals surface area contributed by atoms with E-state index < -0.39 is 12.0 Å². The van der Waals surface area contributed by atoms with Crippen LogP contribution in [0.4, 0.5) is 5.69 Å². The summed E-state index contributed by atoms with van der Waals surface area (Å²) in [6.45, 7) is 6.29. The fraction of sp³-hybridized carbons (Fsp3) is 0.500. The summed E-state index contributed by atoms with van der Waals surface area (Å²) < 4.78 is 0. The Bertz CT molecular complexity index is 385. The van der Waals surface area contributed by atoms with Gasteiger partial charge in [-0.1, -0.05) is 19.1 Å². The highest BCUT2D eigenvalue weighted by Gasteiger charge is 2.12. The van der Waals surface area contributed by atoms with Gasteiger partial charge in [0.2, 0.25) is 0 Å². The molecule has 0 bridgehead atoms. The van der Waals surface area contributed by atoms with Crippen molar-refractivity contribution >= 4 is 36.5 Å². The quantitative estimate of drug-likeness (QED) is 0.810. The van der Waals surface area contributed by atoms with E-state index in [0.29, 0.717) is 6.42 Å². The number of nitrogens with two attached hydrogens (primary N) is 1. The standard InChI is InChI=1S/C14H22N2O2.2ClH/c1-3-9-16(4-2)12-7-5-11(6-8-12)10-13(15)14(17)18;;/h5-8,13H,3-4,9-10,15H2,1-2H3,(H,17,18);2*1H/t13-;;/m1../s1. The van der Waals surface area contributed by atoms with Crippen molar-refractivity contribution in [3.8, 4) is 0 Å².